The van der Waals surface area contributed by atoms with E-state index in [-0.39, 0.29) is 24.0 Å². The first kappa shape index (κ1) is 19.5. The summed E-state index contributed by atoms with van der Waals surface area (Å²) in [5.74, 6) is 1.87. The maximum absolute atomic E-state index is 13.0. The molecule has 0 amide bonds. The van der Waals surface area contributed by atoms with Gasteiger partial charge in [-0.2, -0.15) is 0 Å². The lowest BCUT2D eigenvalue weighted by Gasteiger charge is -2.08. The van der Waals surface area contributed by atoms with E-state index in [2.05, 4.69) is 0 Å². The molecule has 4 rings (SSSR count). The lowest BCUT2D eigenvalue weighted by Crippen LogP contribution is -1.99. The number of hydrogen-bond donors (Lipinski definition) is 0. The van der Waals surface area contributed by atoms with E-state index in [0.717, 1.165) is 5.56 Å². The Morgan fingerprint density at radius 2 is 1.70 bits per heavy atom. The lowest BCUT2D eigenvalue weighted by atomic mass is 10.1. The van der Waals surface area contributed by atoms with Crippen molar-refractivity contribution in [2.45, 2.75) is 6.61 Å². The van der Waals surface area contributed by atoms with E-state index in [1.807, 2.05) is 0 Å². The molecule has 0 unspecified atom stereocenters. The van der Waals surface area contributed by atoms with Crippen LogP contribution < -0.4 is 18.9 Å². The zero-order valence-electron chi connectivity index (χ0n) is 16.5. The minimum Gasteiger partial charge on any atom is -0.497 e. The summed E-state index contributed by atoms with van der Waals surface area (Å²) in [7, 11) is 3.12. The number of ether oxygens (including phenoxy) is 4. The highest BCUT2D eigenvalue weighted by molar-refractivity contribution is 6.14. The zero-order chi connectivity index (χ0) is 21.1. The number of hydrogen-bond acceptors (Lipinski definition) is 5. The van der Waals surface area contributed by atoms with E-state index in [9.17, 15) is 9.18 Å². The molecule has 0 aromatic heterocycles. The normalized spacial score (nSPS) is 13.7. The van der Waals surface area contributed by atoms with Crippen LogP contribution in [0, 0.1) is 5.82 Å². The monoisotopic (exact) mass is 406 g/mol. The van der Waals surface area contributed by atoms with Crippen LogP contribution in [0.4, 0.5) is 4.39 Å². The van der Waals surface area contributed by atoms with Crippen molar-refractivity contribution in [3.8, 4) is 23.0 Å². The molecule has 0 radical (unpaired) electrons. The lowest BCUT2D eigenvalue weighted by molar-refractivity contribution is 0.101. The highest BCUT2D eigenvalue weighted by Gasteiger charge is 2.28. The number of ketones is 1. The smallest absolute Gasteiger partial charge is 0.231 e. The SMILES string of the molecule is COc1ccc(OC)c(C=C2Oc3cc(OCc4ccc(F)cc4)ccc3C2=O)c1. The number of carbonyl (C=O) groups is 1. The number of allylic oxidation sites excluding steroid dienone is 1. The molecule has 3 aromatic rings. The fourth-order valence-corrected chi connectivity index (χ4v) is 3.10. The molecule has 1 aliphatic rings. The maximum atomic E-state index is 13.0. The number of carbonyl (C=O) groups excluding carboxylic acids is 1. The van der Waals surface area contributed by atoms with E-state index >= 15 is 0 Å². The van der Waals surface area contributed by atoms with Crippen LogP contribution in [0.25, 0.3) is 6.08 Å². The average Bonchev–Trinajstić information content (AvgIpc) is 3.08. The molecule has 0 bridgehead atoms. The number of rotatable bonds is 6. The summed E-state index contributed by atoms with van der Waals surface area (Å²) >= 11 is 0. The summed E-state index contributed by atoms with van der Waals surface area (Å²) < 4.78 is 35.1. The van der Waals surface area contributed by atoms with E-state index in [1.54, 1.807) is 68.8 Å². The number of Topliss-reactive ketones (excluding diaryl/α,β-unsaturated/α-hetero) is 1. The van der Waals surface area contributed by atoms with Gasteiger partial charge in [-0.25, -0.2) is 4.39 Å². The average molecular weight is 406 g/mol. The molecular weight excluding hydrogens is 387 g/mol. The van der Waals surface area contributed by atoms with Gasteiger partial charge in [0.05, 0.1) is 19.8 Å². The molecule has 1 heterocycles. The van der Waals surface area contributed by atoms with Crippen LogP contribution in [0.5, 0.6) is 23.0 Å². The number of benzene rings is 3. The number of fused-ring (bicyclic) bond motifs is 1. The topological polar surface area (TPSA) is 54.0 Å². The van der Waals surface area contributed by atoms with E-state index < -0.39 is 0 Å². The fraction of sp³-hybridized carbons (Fsp3) is 0.125. The van der Waals surface area contributed by atoms with Crippen LogP contribution >= 0.6 is 0 Å². The van der Waals surface area contributed by atoms with Gasteiger partial charge < -0.3 is 18.9 Å². The minimum absolute atomic E-state index is 0.187. The largest absolute Gasteiger partial charge is 0.497 e. The van der Waals surface area contributed by atoms with Gasteiger partial charge in [-0.05, 0) is 54.1 Å². The van der Waals surface area contributed by atoms with E-state index in [4.69, 9.17) is 18.9 Å². The Morgan fingerprint density at radius 1 is 0.933 bits per heavy atom. The summed E-state index contributed by atoms with van der Waals surface area (Å²) in [5.41, 5.74) is 1.96. The predicted octanol–water partition coefficient (Wildman–Crippen LogP) is 5.04. The summed E-state index contributed by atoms with van der Waals surface area (Å²) in [6.07, 6.45) is 1.63. The van der Waals surface area contributed by atoms with Crippen LogP contribution in [-0.2, 0) is 6.61 Å². The van der Waals surface area contributed by atoms with Crippen molar-refractivity contribution >= 4 is 11.9 Å². The highest BCUT2D eigenvalue weighted by atomic mass is 19.1. The molecule has 30 heavy (non-hydrogen) atoms. The van der Waals surface area contributed by atoms with Crippen molar-refractivity contribution in [1.29, 1.82) is 0 Å². The van der Waals surface area contributed by atoms with Crippen molar-refractivity contribution in [1.82, 2.24) is 0 Å². The Kier molecular flexibility index (Phi) is 5.39. The highest BCUT2D eigenvalue weighted by Crippen LogP contribution is 2.36. The number of halogens is 1. The summed E-state index contributed by atoms with van der Waals surface area (Å²) in [6.45, 7) is 0.275. The minimum atomic E-state index is -0.296. The first-order valence-corrected chi connectivity index (χ1v) is 9.25. The molecule has 0 atom stereocenters. The van der Waals surface area contributed by atoms with Crippen LogP contribution in [0.15, 0.2) is 66.4 Å². The molecule has 5 nitrogen and oxygen atoms in total. The Hall–Kier alpha value is -3.80. The summed E-state index contributed by atoms with van der Waals surface area (Å²) in [6, 6.07) is 16.4. The molecule has 0 fully saturated rings. The molecule has 0 aliphatic carbocycles. The standard InChI is InChI=1S/C24H19FO5/c1-27-18-8-10-21(28-2)16(11-18)12-23-24(26)20-9-7-19(13-22(20)30-23)29-14-15-3-5-17(25)6-4-15/h3-13H,14H2,1-2H3. The van der Waals surface area contributed by atoms with Crippen molar-refractivity contribution in [3.63, 3.8) is 0 Å². The third-order valence-electron chi connectivity index (χ3n) is 4.68. The fourth-order valence-electron chi connectivity index (χ4n) is 3.10. The van der Waals surface area contributed by atoms with Gasteiger partial charge in [0.25, 0.3) is 0 Å². The third kappa shape index (κ3) is 3.98. The third-order valence-corrected chi connectivity index (χ3v) is 4.68. The van der Waals surface area contributed by atoms with Gasteiger partial charge >= 0.3 is 0 Å². The van der Waals surface area contributed by atoms with Crippen molar-refractivity contribution in [2.24, 2.45) is 0 Å². The predicted molar refractivity (Wildman–Crippen MR) is 110 cm³/mol. The van der Waals surface area contributed by atoms with Gasteiger partial charge in [-0.3, -0.25) is 4.79 Å². The summed E-state index contributed by atoms with van der Waals surface area (Å²) in [4.78, 5) is 12.7. The molecule has 0 saturated heterocycles. The Bertz CT molecular complexity index is 1120. The molecule has 152 valence electrons. The van der Waals surface area contributed by atoms with Gasteiger partial charge in [0.15, 0.2) is 5.76 Å². The molecule has 3 aromatic carbocycles. The molecule has 0 N–H and O–H groups in total. The second-order valence-electron chi connectivity index (χ2n) is 6.62. The van der Waals surface area contributed by atoms with Crippen molar-refractivity contribution in [3.05, 3.63) is 88.9 Å². The molecular formula is C24H19FO5. The maximum Gasteiger partial charge on any atom is 0.231 e. The first-order chi connectivity index (χ1) is 14.6. The summed E-state index contributed by atoms with van der Waals surface area (Å²) in [5, 5.41) is 0. The van der Waals surface area contributed by atoms with Gasteiger partial charge in [-0.15, -0.1) is 0 Å². The molecule has 0 spiro atoms. The van der Waals surface area contributed by atoms with Gasteiger partial charge in [0.2, 0.25) is 5.78 Å². The molecule has 1 aliphatic heterocycles. The van der Waals surface area contributed by atoms with E-state index in [0.29, 0.717) is 34.1 Å². The Labute approximate surface area is 173 Å². The van der Waals surface area contributed by atoms with Gasteiger partial charge in [0, 0.05) is 11.6 Å². The van der Waals surface area contributed by atoms with Gasteiger partial charge in [0.1, 0.15) is 35.4 Å². The zero-order valence-corrected chi connectivity index (χ0v) is 16.5. The second kappa shape index (κ2) is 8.29. The number of methoxy groups -OCH3 is 2. The van der Waals surface area contributed by atoms with Crippen LogP contribution in [0.2, 0.25) is 0 Å². The molecule has 0 saturated carbocycles. The quantitative estimate of drug-likeness (QED) is 0.537. The van der Waals surface area contributed by atoms with Crippen LogP contribution in [-0.4, -0.2) is 20.0 Å². The van der Waals surface area contributed by atoms with Crippen molar-refractivity contribution in [2.75, 3.05) is 14.2 Å². The Balaban J connectivity index is 1.54. The Morgan fingerprint density at radius 3 is 2.43 bits per heavy atom. The van der Waals surface area contributed by atoms with Gasteiger partial charge in [-0.1, -0.05) is 12.1 Å². The first-order valence-electron chi connectivity index (χ1n) is 9.25. The second-order valence-corrected chi connectivity index (χ2v) is 6.62. The van der Waals surface area contributed by atoms with E-state index in [1.165, 1.54) is 12.1 Å². The van der Waals surface area contributed by atoms with Crippen LogP contribution in [0.3, 0.4) is 0 Å². The van der Waals surface area contributed by atoms with Crippen molar-refractivity contribution < 1.29 is 28.1 Å². The van der Waals surface area contributed by atoms with Crippen LogP contribution in [0.1, 0.15) is 21.5 Å². The molecule has 6 heteroatoms.